The van der Waals surface area contributed by atoms with Gasteiger partial charge in [-0.25, -0.2) is 14.6 Å². The van der Waals surface area contributed by atoms with Crippen molar-refractivity contribution in [2.24, 2.45) is 17.3 Å². The molecular weight excluding hydrogens is 334 g/mol. The second-order valence-corrected chi connectivity index (χ2v) is 9.01. The van der Waals surface area contributed by atoms with E-state index in [0.717, 1.165) is 44.2 Å². The van der Waals surface area contributed by atoms with Crippen LogP contribution in [0.1, 0.15) is 44.2 Å². The molecule has 6 nitrogen and oxygen atoms in total. The van der Waals surface area contributed by atoms with Crippen molar-refractivity contribution in [2.75, 3.05) is 6.54 Å². The van der Waals surface area contributed by atoms with Gasteiger partial charge in [0.15, 0.2) is 0 Å². The van der Waals surface area contributed by atoms with E-state index in [9.17, 15) is 4.79 Å². The van der Waals surface area contributed by atoms with Gasteiger partial charge in [-0.15, -0.1) is 11.3 Å². The van der Waals surface area contributed by atoms with Crippen LogP contribution < -0.4 is 5.32 Å². The van der Waals surface area contributed by atoms with Crippen LogP contribution >= 0.6 is 11.3 Å². The van der Waals surface area contributed by atoms with Crippen LogP contribution in [0.5, 0.6) is 0 Å². The van der Waals surface area contributed by atoms with Crippen molar-refractivity contribution < 1.29 is 4.79 Å². The summed E-state index contributed by atoms with van der Waals surface area (Å²) in [6.45, 7) is 0.677. The summed E-state index contributed by atoms with van der Waals surface area (Å²) >= 11 is 1.60. The molecule has 0 spiro atoms. The third kappa shape index (κ3) is 2.51. The normalized spacial score (nSPS) is 35.8. The largest absolute Gasteiger partial charge is 0.355 e. The van der Waals surface area contributed by atoms with E-state index in [4.69, 9.17) is 0 Å². The second-order valence-electron chi connectivity index (χ2n) is 8.29. The Morgan fingerprint density at radius 2 is 2.16 bits per heavy atom. The zero-order chi connectivity index (χ0) is 16.9. The highest BCUT2D eigenvalue weighted by Gasteiger charge is 2.61. The SMILES string of the molecule is O=C(NCCc1cscn1)C12CC3CC(C1)CC(n1cncn1)(C3)C2. The maximum absolute atomic E-state index is 13.2. The zero-order valence-corrected chi connectivity index (χ0v) is 15.0. The highest BCUT2D eigenvalue weighted by Crippen LogP contribution is 2.64. The first kappa shape index (κ1) is 15.5. The third-order valence-electron chi connectivity index (χ3n) is 6.57. The fourth-order valence-corrected chi connectivity index (χ4v) is 6.65. The summed E-state index contributed by atoms with van der Waals surface area (Å²) in [5.41, 5.74) is 2.71. The maximum Gasteiger partial charge on any atom is 0.226 e. The summed E-state index contributed by atoms with van der Waals surface area (Å²) in [6, 6.07) is 0. The number of rotatable bonds is 5. The number of aromatic nitrogens is 4. The first-order valence-corrected chi connectivity index (χ1v) is 10.1. The van der Waals surface area contributed by atoms with Gasteiger partial charge in [0.25, 0.3) is 0 Å². The van der Waals surface area contributed by atoms with E-state index >= 15 is 0 Å². The molecule has 132 valence electrons. The number of amides is 1. The zero-order valence-electron chi connectivity index (χ0n) is 14.2. The van der Waals surface area contributed by atoms with Crippen LogP contribution in [-0.4, -0.2) is 32.2 Å². The van der Waals surface area contributed by atoms with Gasteiger partial charge in [-0.3, -0.25) is 4.79 Å². The van der Waals surface area contributed by atoms with Crippen LogP contribution in [0.3, 0.4) is 0 Å². The molecular formula is C18H23N5OS. The molecule has 4 aliphatic rings. The average Bonchev–Trinajstić information content (AvgIpc) is 3.28. The van der Waals surface area contributed by atoms with E-state index < -0.39 is 0 Å². The molecule has 0 saturated heterocycles. The van der Waals surface area contributed by atoms with Gasteiger partial charge >= 0.3 is 0 Å². The van der Waals surface area contributed by atoms with Gasteiger partial charge in [0, 0.05) is 18.3 Å². The van der Waals surface area contributed by atoms with Crippen LogP contribution in [0.2, 0.25) is 0 Å². The lowest BCUT2D eigenvalue weighted by Gasteiger charge is -2.60. The van der Waals surface area contributed by atoms with Gasteiger partial charge in [-0.05, 0) is 50.4 Å². The van der Waals surface area contributed by atoms with Crippen molar-refractivity contribution in [1.82, 2.24) is 25.1 Å². The molecule has 2 unspecified atom stereocenters. The smallest absolute Gasteiger partial charge is 0.226 e. The Labute approximate surface area is 151 Å². The van der Waals surface area contributed by atoms with Gasteiger partial charge in [-0.2, -0.15) is 5.10 Å². The quantitative estimate of drug-likeness (QED) is 0.892. The van der Waals surface area contributed by atoms with E-state index in [-0.39, 0.29) is 16.9 Å². The first-order valence-electron chi connectivity index (χ1n) is 9.18. The minimum atomic E-state index is -0.210. The summed E-state index contributed by atoms with van der Waals surface area (Å²) in [4.78, 5) is 21.6. The van der Waals surface area contributed by atoms with Gasteiger partial charge in [0.2, 0.25) is 5.91 Å². The van der Waals surface area contributed by atoms with E-state index in [1.165, 1.54) is 6.42 Å². The second kappa shape index (κ2) is 5.62. The Morgan fingerprint density at radius 3 is 2.84 bits per heavy atom. The van der Waals surface area contributed by atoms with Gasteiger partial charge < -0.3 is 5.32 Å². The Morgan fingerprint density at radius 1 is 1.32 bits per heavy atom. The van der Waals surface area contributed by atoms with Crippen molar-refractivity contribution in [2.45, 2.75) is 50.5 Å². The maximum atomic E-state index is 13.2. The number of nitrogens with zero attached hydrogens (tertiary/aromatic N) is 4. The Kier molecular flexibility index (Phi) is 3.48. The van der Waals surface area contributed by atoms with Crippen LogP contribution in [0, 0.1) is 17.3 Å². The van der Waals surface area contributed by atoms with Crippen LogP contribution in [0.15, 0.2) is 23.5 Å². The lowest BCUT2D eigenvalue weighted by molar-refractivity contribution is -0.156. The Balaban J connectivity index is 1.34. The van der Waals surface area contributed by atoms with Crippen LogP contribution in [0.4, 0.5) is 0 Å². The molecule has 2 aromatic heterocycles. The lowest BCUT2D eigenvalue weighted by atomic mass is 9.46. The Bertz CT molecular complexity index is 743. The molecule has 0 aromatic carbocycles. The van der Waals surface area contributed by atoms with Crippen LogP contribution in [-0.2, 0) is 16.8 Å². The van der Waals surface area contributed by atoms with E-state index in [2.05, 4.69) is 30.4 Å². The Hall–Kier alpha value is -1.76. The van der Waals surface area contributed by atoms with Crippen molar-refractivity contribution in [3.8, 4) is 0 Å². The molecule has 2 heterocycles. The molecule has 2 aromatic rings. The first-order chi connectivity index (χ1) is 12.2. The molecule has 25 heavy (non-hydrogen) atoms. The predicted molar refractivity (Wildman–Crippen MR) is 93.9 cm³/mol. The van der Waals surface area contributed by atoms with Crippen LogP contribution in [0.25, 0.3) is 0 Å². The average molecular weight is 357 g/mol. The fourth-order valence-electron chi connectivity index (χ4n) is 6.05. The molecule has 4 fully saturated rings. The van der Waals surface area contributed by atoms with E-state index in [1.54, 1.807) is 17.7 Å². The molecule has 4 aliphatic carbocycles. The van der Waals surface area contributed by atoms with E-state index in [1.807, 2.05) is 11.8 Å². The summed E-state index contributed by atoms with van der Waals surface area (Å²) in [6.07, 6.45) is 10.9. The number of hydrogen-bond donors (Lipinski definition) is 1. The highest BCUT2D eigenvalue weighted by atomic mass is 32.1. The third-order valence-corrected chi connectivity index (χ3v) is 7.20. The fraction of sp³-hybridized carbons (Fsp3) is 0.667. The topological polar surface area (TPSA) is 72.7 Å². The molecule has 0 aliphatic heterocycles. The highest BCUT2D eigenvalue weighted by molar-refractivity contribution is 7.07. The molecule has 2 atom stereocenters. The standard InChI is InChI=1S/C18H23N5OS/c24-16(20-2-1-15-8-25-12-21-15)17-4-13-3-14(5-17)7-18(6-13,9-17)23-11-19-10-22-23/h8,10-14H,1-7,9H2,(H,20,24). The number of hydrogen-bond acceptors (Lipinski definition) is 5. The minimum Gasteiger partial charge on any atom is -0.355 e. The number of thiazole rings is 1. The predicted octanol–water partition coefficient (Wildman–Crippen LogP) is 2.39. The molecule has 4 saturated carbocycles. The summed E-state index contributed by atoms with van der Waals surface area (Å²) in [7, 11) is 0. The number of carbonyl (C=O) groups excluding carboxylic acids is 1. The van der Waals surface area contributed by atoms with Gasteiger partial charge in [-0.1, -0.05) is 0 Å². The molecule has 7 heteroatoms. The molecule has 6 rings (SSSR count). The number of nitrogens with one attached hydrogen (secondary N) is 1. The van der Waals surface area contributed by atoms with Crippen molar-refractivity contribution >= 4 is 17.2 Å². The summed E-state index contributed by atoms with van der Waals surface area (Å²) in [5, 5.41) is 9.73. The summed E-state index contributed by atoms with van der Waals surface area (Å²) in [5.74, 6) is 1.55. The van der Waals surface area contributed by atoms with Gasteiger partial charge in [0.1, 0.15) is 12.7 Å². The minimum absolute atomic E-state index is 0.00678. The monoisotopic (exact) mass is 357 g/mol. The van der Waals surface area contributed by atoms with E-state index in [0.29, 0.717) is 18.4 Å². The molecule has 4 bridgehead atoms. The van der Waals surface area contributed by atoms with Crippen molar-refractivity contribution in [1.29, 1.82) is 0 Å². The summed E-state index contributed by atoms with van der Waals surface area (Å²) < 4.78 is 2.06. The van der Waals surface area contributed by atoms with Crippen molar-refractivity contribution in [3.05, 3.63) is 29.2 Å². The molecule has 0 radical (unpaired) electrons. The molecule has 1 N–H and O–H groups in total. The lowest BCUT2D eigenvalue weighted by Crippen LogP contribution is -2.61. The van der Waals surface area contributed by atoms with Crippen molar-refractivity contribution in [3.63, 3.8) is 0 Å². The molecule has 1 amide bonds. The number of carbonyl (C=O) groups is 1. The van der Waals surface area contributed by atoms with Gasteiger partial charge in [0.05, 0.1) is 22.2 Å².